The lowest BCUT2D eigenvalue weighted by atomic mass is 10.0. The first kappa shape index (κ1) is 11.1. The van der Waals surface area contributed by atoms with Gasteiger partial charge in [0, 0.05) is 23.0 Å². The molecule has 0 aliphatic heterocycles. The fraction of sp³-hybridized carbons (Fsp3) is 0.0769. The smallest absolute Gasteiger partial charge is 0.123 e. The second kappa shape index (κ2) is 4.25. The van der Waals surface area contributed by atoms with Crippen molar-refractivity contribution in [3.05, 3.63) is 36.4 Å². The van der Waals surface area contributed by atoms with Gasteiger partial charge in [0.2, 0.25) is 0 Å². The number of hydrogen-bond donors (Lipinski definition) is 3. The summed E-state index contributed by atoms with van der Waals surface area (Å²) in [6.45, 7) is 0. The number of benzene rings is 2. The van der Waals surface area contributed by atoms with Crippen LogP contribution in [-0.2, 0) is 0 Å². The van der Waals surface area contributed by atoms with Crippen LogP contribution in [0.3, 0.4) is 0 Å². The lowest BCUT2D eigenvalue weighted by Crippen LogP contribution is -1.93. The molecular weight excluding hydrogens is 216 g/mol. The minimum Gasteiger partial charge on any atom is -0.508 e. The summed E-state index contributed by atoms with van der Waals surface area (Å²) in [6.07, 6.45) is 0. The third kappa shape index (κ3) is 2.25. The van der Waals surface area contributed by atoms with Crippen molar-refractivity contribution in [2.24, 2.45) is 0 Å². The first-order valence-corrected chi connectivity index (χ1v) is 5.13. The van der Waals surface area contributed by atoms with E-state index in [4.69, 9.17) is 16.2 Å². The number of nitrogen functional groups attached to an aromatic ring is 2. The van der Waals surface area contributed by atoms with Gasteiger partial charge >= 0.3 is 0 Å². The van der Waals surface area contributed by atoms with E-state index in [2.05, 4.69) is 0 Å². The molecule has 0 spiro atoms. The number of phenols is 1. The number of methoxy groups -OCH3 is 1. The maximum atomic E-state index is 9.59. The maximum Gasteiger partial charge on any atom is 0.123 e. The van der Waals surface area contributed by atoms with Gasteiger partial charge in [0.1, 0.15) is 11.5 Å². The Kier molecular flexibility index (Phi) is 2.78. The quantitative estimate of drug-likeness (QED) is 0.691. The van der Waals surface area contributed by atoms with Crippen LogP contribution in [0.1, 0.15) is 0 Å². The molecule has 2 aromatic rings. The van der Waals surface area contributed by atoms with E-state index in [0.717, 1.165) is 11.1 Å². The Morgan fingerprint density at radius 3 is 2.47 bits per heavy atom. The summed E-state index contributed by atoms with van der Waals surface area (Å²) in [6, 6.07) is 10.2. The lowest BCUT2D eigenvalue weighted by molar-refractivity contribution is 0.408. The zero-order chi connectivity index (χ0) is 12.4. The van der Waals surface area contributed by atoms with Crippen molar-refractivity contribution < 1.29 is 9.84 Å². The molecule has 0 aliphatic carbocycles. The zero-order valence-electron chi connectivity index (χ0n) is 9.47. The monoisotopic (exact) mass is 230 g/mol. The Balaban J connectivity index is 2.55. The Labute approximate surface area is 99.4 Å². The van der Waals surface area contributed by atoms with Crippen LogP contribution in [-0.4, -0.2) is 12.2 Å². The third-order valence-corrected chi connectivity index (χ3v) is 2.51. The predicted molar refractivity (Wildman–Crippen MR) is 68.9 cm³/mol. The molecule has 0 fully saturated rings. The van der Waals surface area contributed by atoms with Crippen molar-refractivity contribution in [2.75, 3.05) is 18.6 Å². The van der Waals surface area contributed by atoms with Crippen LogP contribution in [0.5, 0.6) is 11.5 Å². The summed E-state index contributed by atoms with van der Waals surface area (Å²) >= 11 is 0. The van der Waals surface area contributed by atoms with E-state index in [1.807, 2.05) is 12.1 Å². The van der Waals surface area contributed by atoms with Gasteiger partial charge in [-0.25, -0.2) is 0 Å². The molecule has 0 bridgehead atoms. The van der Waals surface area contributed by atoms with Crippen molar-refractivity contribution in [3.63, 3.8) is 0 Å². The molecule has 88 valence electrons. The molecular formula is C13H14N2O2. The topological polar surface area (TPSA) is 81.5 Å². The standard InChI is InChI=1S/C13H14N2O2/c1-17-11-5-8(4-10(16)7-11)12-3-2-9(14)6-13(12)15/h2-7,16H,14-15H2,1H3. The van der Waals surface area contributed by atoms with E-state index in [1.54, 1.807) is 25.3 Å². The Bertz CT molecular complexity index is 553. The van der Waals surface area contributed by atoms with Crippen molar-refractivity contribution in [1.29, 1.82) is 0 Å². The molecule has 0 unspecified atom stereocenters. The van der Waals surface area contributed by atoms with Gasteiger partial charge in [0.25, 0.3) is 0 Å². The minimum atomic E-state index is 0.135. The van der Waals surface area contributed by atoms with Crippen molar-refractivity contribution >= 4 is 11.4 Å². The summed E-state index contributed by atoms with van der Waals surface area (Å²) in [4.78, 5) is 0. The first-order chi connectivity index (χ1) is 8.10. The molecule has 5 N–H and O–H groups in total. The molecule has 0 amide bonds. The number of ether oxygens (including phenoxy) is 1. The van der Waals surface area contributed by atoms with Crippen LogP contribution >= 0.6 is 0 Å². The number of nitrogens with two attached hydrogens (primary N) is 2. The predicted octanol–water partition coefficient (Wildman–Crippen LogP) is 2.23. The molecule has 0 heterocycles. The number of anilines is 2. The highest BCUT2D eigenvalue weighted by Crippen LogP contribution is 2.33. The molecule has 17 heavy (non-hydrogen) atoms. The fourth-order valence-corrected chi connectivity index (χ4v) is 1.70. The molecule has 0 radical (unpaired) electrons. The average Bonchev–Trinajstić information content (AvgIpc) is 2.28. The van der Waals surface area contributed by atoms with Gasteiger partial charge in [0.15, 0.2) is 0 Å². The van der Waals surface area contributed by atoms with E-state index in [0.29, 0.717) is 17.1 Å². The van der Waals surface area contributed by atoms with E-state index >= 15 is 0 Å². The van der Waals surface area contributed by atoms with Crippen LogP contribution in [0, 0.1) is 0 Å². The average molecular weight is 230 g/mol. The Morgan fingerprint density at radius 1 is 1.06 bits per heavy atom. The van der Waals surface area contributed by atoms with Crippen molar-refractivity contribution in [3.8, 4) is 22.6 Å². The van der Waals surface area contributed by atoms with Crippen LogP contribution in [0.25, 0.3) is 11.1 Å². The Hall–Kier alpha value is -2.36. The van der Waals surface area contributed by atoms with Crippen LogP contribution in [0.2, 0.25) is 0 Å². The molecule has 2 aromatic carbocycles. The number of phenolic OH excluding ortho intramolecular Hbond substituents is 1. The molecule has 0 atom stereocenters. The number of aromatic hydroxyl groups is 1. The Morgan fingerprint density at radius 2 is 1.82 bits per heavy atom. The third-order valence-electron chi connectivity index (χ3n) is 2.51. The van der Waals surface area contributed by atoms with Gasteiger partial charge in [-0.1, -0.05) is 6.07 Å². The van der Waals surface area contributed by atoms with Crippen molar-refractivity contribution in [2.45, 2.75) is 0 Å². The second-order valence-electron chi connectivity index (χ2n) is 3.77. The summed E-state index contributed by atoms with van der Waals surface area (Å²) in [5.41, 5.74) is 14.3. The molecule has 0 aromatic heterocycles. The molecule has 0 aliphatic rings. The highest BCUT2D eigenvalue weighted by atomic mass is 16.5. The summed E-state index contributed by atoms with van der Waals surface area (Å²) in [5.74, 6) is 0.715. The molecule has 4 nitrogen and oxygen atoms in total. The highest BCUT2D eigenvalue weighted by Gasteiger charge is 2.06. The minimum absolute atomic E-state index is 0.135. The highest BCUT2D eigenvalue weighted by molar-refractivity contribution is 5.80. The largest absolute Gasteiger partial charge is 0.508 e. The lowest BCUT2D eigenvalue weighted by Gasteiger charge is -2.09. The molecule has 2 rings (SSSR count). The molecule has 0 saturated carbocycles. The van der Waals surface area contributed by atoms with E-state index in [-0.39, 0.29) is 5.75 Å². The van der Waals surface area contributed by atoms with Crippen LogP contribution < -0.4 is 16.2 Å². The van der Waals surface area contributed by atoms with E-state index in [9.17, 15) is 5.11 Å². The second-order valence-corrected chi connectivity index (χ2v) is 3.77. The first-order valence-electron chi connectivity index (χ1n) is 5.13. The van der Waals surface area contributed by atoms with E-state index < -0.39 is 0 Å². The number of hydrogen-bond acceptors (Lipinski definition) is 4. The van der Waals surface area contributed by atoms with Crippen LogP contribution in [0.4, 0.5) is 11.4 Å². The molecule has 0 saturated heterocycles. The van der Waals surface area contributed by atoms with Gasteiger partial charge in [-0.15, -0.1) is 0 Å². The SMILES string of the molecule is COc1cc(O)cc(-c2ccc(N)cc2N)c1. The van der Waals surface area contributed by atoms with E-state index in [1.165, 1.54) is 6.07 Å². The van der Waals surface area contributed by atoms with Gasteiger partial charge in [-0.05, 0) is 29.8 Å². The summed E-state index contributed by atoms with van der Waals surface area (Å²) in [5, 5.41) is 9.59. The number of rotatable bonds is 2. The normalized spacial score (nSPS) is 10.2. The van der Waals surface area contributed by atoms with Gasteiger partial charge in [-0.3, -0.25) is 0 Å². The van der Waals surface area contributed by atoms with Gasteiger partial charge in [-0.2, -0.15) is 0 Å². The van der Waals surface area contributed by atoms with Gasteiger partial charge < -0.3 is 21.3 Å². The zero-order valence-corrected chi connectivity index (χ0v) is 9.47. The summed E-state index contributed by atoms with van der Waals surface area (Å²) < 4.78 is 5.10. The molecule has 4 heteroatoms. The van der Waals surface area contributed by atoms with Gasteiger partial charge in [0.05, 0.1) is 7.11 Å². The fourth-order valence-electron chi connectivity index (χ4n) is 1.70. The summed E-state index contributed by atoms with van der Waals surface area (Å²) in [7, 11) is 1.55. The maximum absolute atomic E-state index is 9.59. The van der Waals surface area contributed by atoms with Crippen LogP contribution in [0.15, 0.2) is 36.4 Å². The van der Waals surface area contributed by atoms with Crippen molar-refractivity contribution in [1.82, 2.24) is 0 Å².